The van der Waals surface area contributed by atoms with Crippen LogP contribution in [-0.4, -0.2) is 20.4 Å². The number of phenols is 4. The van der Waals surface area contributed by atoms with Crippen molar-refractivity contribution >= 4 is 0 Å². The highest BCUT2D eigenvalue weighted by molar-refractivity contribution is 5.64. The molecule has 2 aliphatic carbocycles. The average molecular weight is 827 g/mol. The Morgan fingerprint density at radius 1 is 0.371 bits per heavy atom. The molecule has 0 atom stereocenters. The third-order valence-electron chi connectivity index (χ3n) is 16.3. The molecule has 0 saturated heterocycles. The first-order valence-corrected chi connectivity index (χ1v) is 22.9. The first kappa shape index (κ1) is 43.2. The minimum Gasteiger partial charge on any atom is -0.508 e. The van der Waals surface area contributed by atoms with Gasteiger partial charge in [0.2, 0.25) is 0 Å². The molecule has 0 amide bonds. The Labute approximate surface area is 370 Å². The van der Waals surface area contributed by atoms with Gasteiger partial charge in [-0.15, -0.1) is 0 Å². The minimum atomic E-state index is -0.171. The molecule has 0 aromatic heterocycles. The molecule has 6 aromatic rings. The molecule has 4 nitrogen and oxygen atoms in total. The quantitative estimate of drug-likeness (QED) is 0.117. The molecule has 8 rings (SSSR count). The van der Waals surface area contributed by atoms with Crippen molar-refractivity contribution in [1.29, 1.82) is 0 Å². The van der Waals surface area contributed by atoms with Crippen molar-refractivity contribution < 1.29 is 20.4 Å². The maximum atomic E-state index is 10.4. The van der Waals surface area contributed by atoms with Crippen LogP contribution in [0.4, 0.5) is 0 Å². The number of hydrogen-bond donors (Lipinski definition) is 4. The Balaban J connectivity index is 0.965. The lowest BCUT2D eigenvalue weighted by Gasteiger charge is -2.46. The summed E-state index contributed by atoms with van der Waals surface area (Å²) in [6.07, 6.45) is 8.37. The van der Waals surface area contributed by atoms with Gasteiger partial charge in [0.05, 0.1) is 0 Å². The standard InChI is InChI=1S/C58H66O4/c1-37-33-47(17-21-51(37)59)57(48-18-22-52(60)38(2)34-48)29-25-45(26-30-57)55(5,6)43-13-9-41(10-14-43)42-11-15-44(16-12-42)56(7,8)46-27-31-58(32-28-46,49-19-23-53(61)39(3)35-49)50-20-24-54(62)40(4)36-50/h9-24,33-36,45-46,59-62H,25-32H2,1-8H3. The van der Waals surface area contributed by atoms with Crippen LogP contribution >= 0.6 is 0 Å². The summed E-state index contributed by atoms with van der Waals surface area (Å²) in [7, 11) is 0. The molecule has 0 heterocycles. The smallest absolute Gasteiger partial charge is 0.118 e. The monoisotopic (exact) mass is 826 g/mol. The van der Waals surface area contributed by atoms with Gasteiger partial charge in [0, 0.05) is 10.8 Å². The van der Waals surface area contributed by atoms with E-state index in [9.17, 15) is 20.4 Å². The van der Waals surface area contributed by atoms with Crippen LogP contribution in [0.15, 0.2) is 121 Å². The van der Waals surface area contributed by atoms with E-state index in [0.717, 1.165) is 73.6 Å². The van der Waals surface area contributed by atoms with Gasteiger partial charge < -0.3 is 20.4 Å². The number of phenolic OH excluding ortho intramolecular Hbond substituents is 4. The largest absolute Gasteiger partial charge is 0.508 e. The Hall–Kier alpha value is -5.48. The van der Waals surface area contributed by atoms with E-state index in [1.165, 1.54) is 44.5 Å². The fourth-order valence-corrected chi connectivity index (χ4v) is 11.6. The van der Waals surface area contributed by atoms with Gasteiger partial charge in [-0.05, 0) is 193 Å². The maximum Gasteiger partial charge on any atom is 0.118 e. The molecule has 0 aliphatic heterocycles. The number of aryl methyl sites for hydroxylation is 4. The van der Waals surface area contributed by atoms with Crippen molar-refractivity contribution in [3.8, 4) is 34.1 Å². The van der Waals surface area contributed by atoms with Crippen LogP contribution in [0.5, 0.6) is 23.0 Å². The highest BCUT2D eigenvalue weighted by atomic mass is 16.3. The lowest BCUT2D eigenvalue weighted by atomic mass is 9.57. The van der Waals surface area contributed by atoms with Crippen molar-refractivity contribution in [2.75, 3.05) is 0 Å². The topological polar surface area (TPSA) is 80.9 Å². The summed E-state index contributed by atoms with van der Waals surface area (Å²) >= 11 is 0. The van der Waals surface area contributed by atoms with Gasteiger partial charge in [-0.25, -0.2) is 0 Å². The molecular weight excluding hydrogens is 761 g/mol. The molecule has 322 valence electrons. The first-order valence-electron chi connectivity index (χ1n) is 22.9. The number of aromatic hydroxyl groups is 4. The van der Waals surface area contributed by atoms with Gasteiger partial charge in [0.25, 0.3) is 0 Å². The Morgan fingerprint density at radius 3 is 0.839 bits per heavy atom. The number of rotatable bonds is 9. The summed E-state index contributed by atoms with van der Waals surface area (Å²) in [6.45, 7) is 17.6. The van der Waals surface area contributed by atoms with Crippen LogP contribution in [0.2, 0.25) is 0 Å². The fraction of sp³-hybridized carbons (Fsp3) is 0.379. The molecule has 0 radical (unpaired) electrons. The van der Waals surface area contributed by atoms with Crippen LogP contribution in [0.25, 0.3) is 11.1 Å². The molecule has 0 bridgehead atoms. The molecule has 4 N–H and O–H groups in total. The minimum absolute atomic E-state index is 0.00582. The lowest BCUT2D eigenvalue weighted by molar-refractivity contribution is 0.188. The van der Waals surface area contributed by atoms with E-state index in [4.69, 9.17) is 0 Å². The number of hydrogen-bond acceptors (Lipinski definition) is 4. The van der Waals surface area contributed by atoms with Gasteiger partial charge in [-0.1, -0.05) is 125 Å². The van der Waals surface area contributed by atoms with Crippen molar-refractivity contribution in [3.05, 3.63) is 177 Å². The van der Waals surface area contributed by atoms with E-state index in [0.29, 0.717) is 34.8 Å². The highest BCUT2D eigenvalue weighted by Gasteiger charge is 2.45. The Kier molecular flexibility index (Phi) is 11.4. The van der Waals surface area contributed by atoms with Crippen LogP contribution < -0.4 is 0 Å². The van der Waals surface area contributed by atoms with E-state index < -0.39 is 0 Å². The Morgan fingerprint density at radius 2 is 0.613 bits per heavy atom. The van der Waals surface area contributed by atoms with Gasteiger partial charge in [-0.2, -0.15) is 0 Å². The Bertz CT molecular complexity index is 2270. The fourth-order valence-electron chi connectivity index (χ4n) is 11.6. The summed E-state index contributed by atoms with van der Waals surface area (Å²) in [4.78, 5) is 0. The zero-order chi connectivity index (χ0) is 44.2. The van der Waals surface area contributed by atoms with Crippen LogP contribution in [-0.2, 0) is 21.7 Å². The van der Waals surface area contributed by atoms with Gasteiger partial charge in [0.1, 0.15) is 23.0 Å². The van der Waals surface area contributed by atoms with Crippen LogP contribution in [0.3, 0.4) is 0 Å². The second-order valence-corrected chi connectivity index (χ2v) is 20.3. The van der Waals surface area contributed by atoms with Crippen molar-refractivity contribution in [1.82, 2.24) is 0 Å². The number of benzene rings is 6. The highest BCUT2D eigenvalue weighted by Crippen LogP contribution is 2.54. The third-order valence-corrected chi connectivity index (χ3v) is 16.3. The molecule has 62 heavy (non-hydrogen) atoms. The van der Waals surface area contributed by atoms with Gasteiger partial charge in [0.15, 0.2) is 0 Å². The lowest BCUT2D eigenvalue weighted by Crippen LogP contribution is -2.39. The van der Waals surface area contributed by atoms with Gasteiger partial charge >= 0.3 is 0 Å². The molecule has 4 heteroatoms. The maximum absolute atomic E-state index is 10.4. The van der Waals surface area contributed by atoms with E-state index in [-0.39, 0.29) is 21.7 Å². The molecule has 6 aromatic carbocycles. The van der Waals surface area contributed by atoms with Crippen LogP contribution in [0.1, 0.15) is 135 Å². The summed E-state index contributed by atoms with van der Waals surface area (Å²) in [5.41, 5.74) is 13.4. The van der Waals surface area contributed by atoms with Gasteiger partial charge in [-0.3, -0.25) is 0 Å². The second kappa shape index (κ2) is 16.3. The molecular formula is C58H66O4. The van der Waals surface area contributed by atoms with Crippen LogP contribution in [0, 0.1) is 39.5 Å². The van der Waals surface area contributed by atoms with Crippen molar-refractivity contribution in [2.24, 2.45) is 11.8 Å². The van der Waals surface area contributed by atoms with Crippen molar-refractivity contribution in [3.63, 3.8) is 0 Å². The zero-order valence-corrected chi connectivity index (χ0v) is 38.1. The zero-order valence-electron chi connectivity index (χ0n) is 38.1. The summed E-state index contributed by atoms with van der Waals surface area (Å²) in [5, 5.41) is 41.6. The molecule has 0 spiro atoms. The summed E-state index contributed by atoms with van der Waals surface area (Å²) in [6, 6.07) is 43.0. The first-order chi connectivity index (χ1) is 29.4. The average Bonchev–Trinajstić information content (AvgIpc) is 3.27. The van der Waals surface area contributed by atoms with Crippen molar-refractivity contribution in [2.45, 2.75) is 128 Å². The summed E-state index contributed by atoms with van der Waals surface area (Å²) in [5.74, 6) is 2.35. The summed E-state index contributed by atoms with van der Waals surface area (Å²) < 4.78 is 0. The molecule has 2 aliphatic rings. The second-order valence-electron chi connectivity index (χ2n) is 20.3. The predicted octanol–water partition coefficient (Wildman–Crippen LogP) is 14.3. The van der Waals surface area contributed by atoms with E-state index in [1.54, 1.807) is 0 Å². The molecule has 2 fully saturated rings. The molecule has 0 unspecified atom stereocenters. The van der Waals surface area contributed by atoms with E-state index >= 15 is 0 Å². The SMILES string of the molecule is Cc1cc(C2(c3ccc(O)c(C)c3)CCC(C(C)(C)c3ccc(-c4ccc(C(C)(C)C5CCC(c6ccc(O)c(C)c6)(c6ccc(O)c(C)c6)CC5)cc4)cc3)CC2)ccc1O. The molecule has 2 saturated carbocycles. The third kappa shape index (κ3) is 7.69. The van der Waals surface area contributed by atoms with E-state index in [2.05, 4.69) is 125 Å². The van der Waals surface area contributed by atoms with E-state index in [1.807, 2.05) is 52.0 Å². The predicted molar refractivity (Wildman–Crippen MR) is 255 cm³/mol. The normalized spacial score (nSPS) is 17.2.